The van der Waals surface area contributed by atoms with Gasteiger partial charge < -0.3 is 9.47 Å². The summed E-state index contributed by atoms with van der Waals surface area (Å²) < 4.78 is 52.0. The van der Waals surface area contributed by atoms with E-state index >= 15 is 0 Å². The normalized spacial score (nSPS) is 30.0. The zero-order valence-corrected chi connectivity index (χ0v) is 19.8. The molecule has 0 aromatic carbocycles. The third kappa shape index (κ3) is 3.40. The Balaban J connectivity index is 1.37. The Bertz CT molecular complexity index is 1310. The Labute approximate surface area is 200 Å². The maximum absolute atomic E-state index is 13.6. The molecule has 3 aliphatic carbocycles. The lowest BCUT2D eigenvalue weighted by molar-refractivity contribution is -0.337. The van der Waals surface area contributed by atoms with Crippen LogP contribution in [-0.4, -0.2) is 44.8 Å². The molecular formula is C25H26F3N5O2. The number of halogens is 3. The van der Waals surface area contributed by atoms with Crippen molar-refractivity contribution in [2.75, 3.05) is 13.7 Å². The van der Waals surface area contributed by atoms with Crippen LogP contribution in [0.3, 0.4) is 0 Å². The fourth-order valence-electron chi connectivity index (χ4n) is 5.98. The molecule has 4 fully saturated rings. The third-order valence-electron chi connectivity index (χ3n) is 8.03. The molecule has 35 heavy (non-hydrogen) atoms. The maximum Gasteiger partial charge on any atom is 0.394 e. The number of fused-ring (bicyclic) bond motifs is 1. The minimum absolute atomic E-state index is 0.0303. The summed E-state index contributed by atoms with van der Waals surface area (Å²) in [6, 6.07) is 5.56. The second kappa shape index (κ2) is 7.56. The van der Waals surface area contributed by atoms with Gasteiger partial charge in [0.15, 0.2) is 5.65 Å². The average Bonchev–Trinajstić information content (AvgIpc) is 2.77. The van der Waals surface area contributed by atoms with Gasteiger partial charge in [-0.25, -0.2) is 24.9 Å². The molecule has 184 valence electrons. The van der Waals surface area contributed by atoms with Crippen LogP contribution < -0.4 is 4.74 Å². The molecule has 7 nitrogen and oxygen atoms in total. The number of rotatable bonds is 4. The molecule has 1 saturated heterocycles. The fourth-order valence-corrected chi connectivity index (χ4v) is 5.98. The molecule has 4 aliphatic rings. The first-order chi connectivity index (χ1) is 16.6. The first kappa shape index (κ1) is 22.6. The number of nitrogens with zero attached hydrogens (tertiary/aromatic N) is 5. The molecule has 0 unspecified atom stereocenters. The molecule has 1 aliphatic heterocycles. The Morgan fingerprint density at radius 3 is 2.46 bits per heavy atom. The zero-order valence-electron chi connectivity index (χ0n) is 19.8. The van der Waals surface area contributed by atoms with Gasteiger partial charge in [0, 0.05) is 24.0 Å². The Morgan fingerprint density at radius 1 is 1.00 bits per heavy atom. The third-order valence-corrected chi connectivity index (χ3v) is 8.03. The van der Waals surface area contributed by atoms with Crippen LogP contribution in [0, 0.1) is 19.3 Å². The average molecular weight is 486 g/mol. The molecule has 0 spiro atoms. The Hall–Kier alpha value is -2.88. The molecule has 3 aromatic heterocycles. The van der Waals surface area contributed by atoms with Crippen molar-refractivity contribution in [3.63, 3.8) is 0 Å². The van der Waals surface area contributed by atoms with Crippen LogP contribution in [0.1, 0.15) is 72.7 Å². The molecule has 2 bridgehead atoms. The lowest BCUT2D eigenvalue weighted by Gasteiger charge is -2.70. The number of aromatic nitrogens is 5. The van der Waals surface area contributed by atoms with Gasteiger partial charge in [-0.15, -0.1) is 0 Å². The van der Waals surface area contributed by atoms with E-state index in [2.05, 4.69) is 15.0 Å². The van der Waals surface area contributed by atoms with Gasteiger partial charge in [-0.05, 0) is 52.0 Å². The highest BCUT2D eigenvalue weighted by atomic mass is 19.4. The van der Waals surface area contributed by atoms with E-state index < -0.39 is 17.0 Å². The first-order valence-electron chi connectivity index (χ1n) is 11.9. The van der Waals surface area contributed by atoms with Crippen LogP contribution in [0.4, 0.5) is 13.2 Å². The molecular weight excluding hydrogens is 459 g/mol. The number of ether oxygens (including phenoxy) is 2. The van der Waals surface area contributed by atoms with Crippen molar-refractivity contribution in [1.82, 2.24) is 24.9 Å². The summed E-state index contributed by atoms with van der Waals surface area (Å²) in [6.07, 6.45) is -2.92. The van der Waals surface area contributed by atoms with E-state index in [1.54, 1.807) is 13.2 Å². The highest BCUT2D eigenvalue weighted by Gasteiger charge is 2.79. The molecule has 0 N–H and O–H groups in total. The summed E-state index contributed by atoms with van der Waals surface area (Å²) in [5.74, 6) is 1.09. The highest BCUT2D eigenvalue weighted by molar-refractivity contribution is 5.75. The van der Waals surface area contributed by atoms with Crippen molar-refractivity contribution in [2.24, 2.45) is 5.41 Å². The van der Waals surface area contributed by atoms with Crippen molar-refractivity contribution >= 4 is 11.2 Å². The molecule has 3 aromatic rings. The number of aryl methyl sites for hydroxylation is 2. The second-order valence-electron chi connectivity index (χ2n) is 10.3. The van der Waals surface area contributed by atoms with E-state index in [4.69, 9.17) is 19.4 Å². The number of hydrogen-bond acceptors (Lipinski definition) is 7. The minimum Gasteiger partial charge on any atom is -0.481 e. The monoisotopic (exact) mass is 485 g/mol. The molecule has 4 heterocycles. The van der Waals surface area contributed by atoms with E-state index in [0.29, 0.717) is 48.0 Å². The standard InChI is InChI=1S/C25H26F3N5O2/c1-13-14(2)30-22-19(29-13)20(23-10-24(11-23,12-23)25(26,27)28)32-21(33-22)15-7-8-35-17(9-15)16-5-4-6-18(31-16)34-3/h4-6,15,17H,7-12H2,1-3H3/t15-,17-,23?,24?/m1/s1. The first-order valence-corrected chi connectivity index (χ1v) is 11.9. The van der Waals surface area contributed by atoms with Gasteiger partial charge in [0.05, 0.1) is 35.3 Å². The van der Waals surface area contributed by atoms with Crippen molar-refractivity contribution in [2.45, 2.75) is 69.6 Å². The van der Waals surface area contributed by atoms with Gasteiger partial charge in [0.25, 0.3) is 0 Å². The van der Waals surface area contributed by atoms with Crippen LogP contribution in [0.15, 0.2) is 18.2 Å². The smallest absolute Gasteiger partial charge is 0.394 e. The van der Waals surface area contributed by atoms with Gasteiger partial charge in [-0.3, -0.25) is 0 Å². The van der Waals surface area contributed by atoms with Crippen LogP contribution in [0.25, 0.3) is 11.2 Å². The lowest BCUT2D eigenvalue weighted by atomic mass is 9.34. The maximum atomic E-state index is 13.6. The van der Waals surface area contributed by atoms with Crippen molar-refractivity contribution in [3.05, 3.63) is 46.8 Å². The molecule has 0 radical (unpaired) electrons. The Morgan fingerprint density at radius 2 is 1.74 bits per heavy atom. The number of methoxy groups -OCH3 is 1. The van der Waals surface area contributed by atoms with Crippen LogP contribution in [0.2, 0.25) is 0 Å². The summed E-state index contributed by atoms with van der Waals surface area (Å²) in [7, 11) is 1.57. The molecule has 3 saturated carbocycles. The lowest BCUT2D eigenvalue weighted by Crippen LogP contribution is -2.70. The van der Waals surface area contributed by atoms with E-state index in [1.165, 1.54) is 0 Å². The zero-order chi connectivity index (χ0) is 24.6. The fraction of sp³-hybridized carbons (Fsp3) is 0.560. The summed E-state index contributed by atoms with van der Waals surface area (Å²) in [5, 5.41) is 0. The predicted octanol–water partition coefficient (Wildman–Crippen LogP) is 5.06. The van der Waals surface area contributed by atoms with E-state index in [9.17, 15) is 13.2 Å². The Kier molecular flexibility index (Phi) is 4.87. The van der Waals surface area contributed by atoms with Gasteiger partial charge in [0.1, 0.15) is 17.4 Å². The number of alkyl halides is 3. The second-order valence-corrected chi connectivity index (χ2v) is 10.3. The topological polar surface area (TPSA) is 82.9 Å². The summed E-state index contributed by atoms with van der Waals surface area (Å²) in [4.78, 5) is 23.5. The molecule has 0 amide bonds. The summed E-state index contributed by atoms with van der Waals surface area (Å²) in [5.41, 5.74) is 1.71. The van der Waals surface area contributed by atoms with E-state index in [-0.39, 0.29) is 31.3 Å². The molecule has 2 atom stereocenters. The minimum atomic E-state index is -4.18. The van der Waals surface area contributed by atoms with E-state index in [1.807, 2.05) is 26.0 Å². The SMILES string of the molecule is COc1cccc([C@H]2C[C@H](c3nc(C45CC(C(F)(F)F)(C4)C5)c4nc(C)c(C)nc4n3)CCO2)n1. The largest absolute Gasteiger partial charge is 0.481 e. The van der Waals surface area contributed by atoms with E-state index in [0.717, 1.165) is 17.1 Å². The molecule has 7 rings (SSSR count). The van der Waals surface area contributed by atoms with Crippen molar-refractivity contribution in [1.29, 1.82) is 0 Å². The van der Waals surface area contributed by atoms with Crippen molar-refractivity contribution in [3.8, 4) is 5.88 Å². The quantitative estimate of drug-likeness (QED) is 0.511. The van der Waals surface area contributed by atoms with Crippen molar-refractivity contribution < 1.29 is 22.6 Å². The van der Waals surface area contributed by atoms with Gasteiger partial charge >= 0.3 is 6.18 Å². The number of pyridine rings is 1. The number of hydrogen-bond donors (Lipinski definition) is 0. The highest BCUT2D eigenvalue weighted by Crippen LogP contribution is 2.78. The predicted molar refractivity (Wildman–Crippen MR) is 120 cm³/mol. The van der Waals surface area contributed by atoms with Gasteiger partial charge in [0.2, 0.25) is 5.88 Å². The van der Waals surface area contributed by atoms with Crippen LogP contribution in [-0.2, 0) is 10.2 Å². The van der Waals surface area contributed by atoms with Gasteiger partial charge in [-0.2, -0.15) is 13.2 Å². The summed E-state index contributed by atoms with van der Waals surface area (Å²) in [6.45, 7) is 4.22. The van der Waals surface area contributed by atoms with Gasteiger partial charge in [-0.1, -0.05) is 6.07 Å². The summed E-state index contributed by atoms with van der Waals surface area (Å²) >= 11 is 0. The molecule has 10 heteroatoms. The van der Waals surface area contributed by atoms with Crippen LogP contribution >= 0.6 is 0 Å². The van der Waals surface area contributed by atoms with Crippen LogP contribution in [0.5, 0.6) is 5.88 Å².